The number of benzene rings is 1. The summed E-state index contributed by atoms with van der Waals surface area (Å²) in [5, 5.41) is 0. The van der Waals surface area contributed by atoms with Gasteiger partial charge in [0.2, 0.25) is 0 Å². The molecule has 0 radical (unpaired) electrons. The SMILES string of the molecule is CCN(c1ccccc1)c1nc(N)cn2ccnc12. The Bertz CT molecular complexity index is 689. The summed E-state index contributed by atoms with van der Waals surface area (Å²) in [7, 11) is 0. The molecule has 0 atom stereocenters. The van der Waals surface area contributed by atoms with Gasteiger partial charge in [-0.2, -0.15) is 0 Å². The highest BCUT2D eigenvalue weighted by atomic mass is 15.2. The van der Waals surface area contributed by atoms with E-state index in [0.717, 1.165) is 23.7 Å². The van der Waals surface area contributed by atoms with Gasteiger partial charge in [-0.25, -0.2) is 9.97 Å². The molecule has 0 fully saturated rings. The summed E-state index contributed by atoms with van der Waals surface area (Å²) in [6.07, 6.45) is 5.39. The van der Waals surface area contributed by atoms with Crippen molar-refractivity contribution in [3.63, 3.8) is 0 Å². The molecule has 0 spiro atoms. The van der Waals surface area contributed by atoms with Crippen LogP contribution in [0.2, 0.25) is 0 Å². The summed E-state index contributed by atoms with van der Waals surface area (Å²) in [6, 6.07) is 10.1. The van der Waals surface area contributed by atoms with Crippen molar-refractivity contribution in [3.8, 4) is 0 Å². The lowest BCUT2D eigenvalue weighted by atomic mass is 10.3. The third-order valence-corrected chi connectivity index (χ3v) is 3.01. The molecule has 0 saturated heterocycles. The van der Waals surface area contributed by atoms with Gasteiger partial charge in [0.05, 0.1) is 6.20 Å². The van der Waals surface area contributed by atoms with Crippen molar-refractivity contribution in [1.82, 2.24) is 14.4 Å². The van der Waals surface area contributed by atoms with Gasteiger partial charge < -0.3 is 15.0 Å². The maximum Gasteiger partial charge on any atom is 0.180 e. The zero-order valence-electron chi connectivity index (χ0n) is 10.7. The van der Waals surface area contributed by atoms with Crippen molar-refractivity contribution in [1.29, 1.82) is 0 Å². The maximum absolute atomic E-state index is 5.87. The molecular formula is C14H15N5. The van der Waals surface area contributed by atoms with Gasteiger partial charge in [0.15, 0.2) is 11.5 Å². The van der Waals surface area contributed by atoms with E-state index in [2.05, 4.69) is 21.8 Å². The average molecular weight is 253 g/mol. The number of rotatable bonds is 3. The fourth-order valence-corrected chi connectivity index (χ4v) is 2.18. The third-order valence-electron chi connectivity index (χ3n) is 3.01. The summed E-state index contributed by atoms with van der Waals surface area (Å²) in [5.41, 5.74) is 7.75. The van der Waals surface area contributed by atoms with Crippen molar-refractivity contribution in [2.24, 2.45) is 0 Å². The van der Waals surface area contributed by atoms with E-state index in [0.29, 0.717) is 5.82 Å². The van der Waals surface area contributed by atoms with Crippen LogP contribution in [0.15, 0.2) is 48.9 Å². The normalized spacial score (nSPS) is 10.8. The second kappa shape index (κ2) is 4.61. The van der Waals surface area contributed by atoms with E-state index in [9.17, 15) is 0 Å². The Kier molecular flexibility index (Phi) is 2.79. The molecule has 0 aliphatic carbocycles. The van der Waals surface area contributed by atoms with Crippen molar-refractivity contribution in [2.75, 3.05) is 17.2 Å². The molecule has 19 heavy (non-hydrogen) atoms. The molecule has 5 nitrogen and oxygen atoms in total. The lowest BCUT2D eigenvalue weighted by Crippen LogP contribution is -2.19. The number of nitrogen functional groups attached to an aromatic ring is 1. The Labute approximate surface area is 111 Å². The molecule has 1 aromatic carbocycles. The fourth-order valence-electron chi connectivity index (χ4n) is 2.18. The summed E-state index contributed by atoms with van der Waals surface area (Å²) in [6.45, 7) is 2.88. The molecule has 3 rings (SSSR count). The Morgan fingerprint density at radius 1 is 1.26 bits per heavy atom. The minimum Gasteiger partial charge on any atom is -0.382 e. The zero-order valence-corrected chi connectivity index (χ0v) is 10.7. The average Bonchev–Trinajstić information content (AvgIpc) is 2.89. The molecule has 0 aliphatic rings. The topological polar surface area (TPSA) is 59.5 Å². The van der Waals surface area contributed by atoms with Gasteiger partial charge in [0.25, 0.3) is 0 Å². The van der Waals surface area contributed by atoms with E-state index in [1.54, 1.807) is 12.4 Å². The minimum absolute atomic E-state index is 0.481. The highest BCUT2D eigenvalue weighted by Crippen LogP contribution is 2.27. The second-order valence-corrected chi connectivity index (χ2v) is 4.23. The predicted octanol–water partition coefficient (Wildman–Crippen LogP) is 2.47. The summed E-state index contributed by atoms with van der Waals surface area (Å²) in [4.78, 5) is 10.9. The molecule has 3 aromatic rings. The van der Waals surface area contributed by atoms with Crippen LogP contribution in [0.4, 0.5) is 17.3 Å². The van der Waals surface area contributed by atoms with Gasteiger partial charge in [0.1, 0.15) is 5.82 Å². The third kappa shape index (κ3) is 1.99. The van der Waals surface area contributed by atoms with Crippen molar-refractivity contribution >= 4 is 23.0 Å². The van der Waals surface area contributed by atoms with Crippen LogP contribution in [-0.2, 0) is 0 Å². The standard InChI is InChI=1S/C14H15N5/c1-2-19(11-6-4-3-5-7-11)14-13-16-8-9-18(13)10-12(15)17-14/h3-10H,2,15H2,1H3. The van der Waals surface area contributed by atoms with Gasteiger partial charge in [-0.15, -0.1) is 0 Å². The molecule has 2 N–H and O–H groups in total. The highest BCUT2D eigenvalue weighted by molar-refractivity contribution is 5.73. The molecule has 2 heterocycles. The van der Waals surface area contributed by atoms with E-state index < -0.39 is 0 Å². The van der Waals surface area contributed by atoms with Gasteiger partial charge in [-0.1, -0.05) is 18.2 Å². The number of anilines is 3. The first-order valence-electron chi connectivity index (χ1n) is 6.21. The molecule has 96 valence electrons. The lowest BCUT2D eigenvalue weighted by Gasteiger charge is -2.22. The molecule has 0 bridgehead atoms. The smallest absolute Gasteiger partial charge is 0.180 e. The Balaban J connectivity index is 2.19. The van der Waals surface area contributed by atoms with Crippen LogP contribution in [0, 0.1) is 0 Å². The molecular weight excluding hydrogens is 238 g/mol. The number of nitrogens with zero attached hydrogens (tertiary/aromatic N) is 4. The first-order valence-corrected chi connectivity index (χ1v) is 6.21. The number of aromatic nitrogens is 3. The fraction of sp³-hybridized carbons (Fsp3) is 0.143. The maximum atomic E-state index is 5.87. The van der Waals surface area contributed by atoms with Crippen molar-refractivity contribution in [3.05, 3.63) is 48.9 Å². The monoisotopic (exact) mass is 253 g/mol. The number of imidazole rings is 1. The Morgan fingerprint density at radius 2 is 2.05 bits per heavy atom. The number of fused-ring (bicyclic) bond motifs is 1. The van der Waals surface area contributed by atoms with Crippen LogP contribution in [0.1, 0.15) is 6.92 Å². The summed E-state index contributed by atoms with van der Waals surface area (Å²) >= 11 is 0. The molecule has 0 saturated carbocycles. The van der Waals surface area contributed by atoms with E-state index in [-0.39, 0.29) is 0 Å². The Hall–Kier alpha value is -2.56. The van der Waals surface area contributed by atoms with Crippen LogP contribution in [-0.4, -0.2) is 20.9 Å². The van der Waals surface area contributed by atoms with E-state index in [1.165, 1.54) is 0 Å². The van der Waals surface area contributed by atoms with Crippen LogP contribution in [0.25, 0.3) is 5.65 Å². The number of nitrogens with two attached hydrogens (primary N) is 1. The van der Waals surface area contributed by atoms with E-state index in [4.69, 9.17) is 5.73 Å². The van der Waals surface area contributed by atoms with Crippen LogP contribution < -0.4 is 10.6 Å². The van der Waals surface area contributed by atoms with Gasteiger partial charge in [0, 0.05) is 24.6 Å². The molecule has 5 heteroatoms. The zero-order chi connectivity index (χ0) is 13.2. The lowest BCUT2D eigenvalue weighted by molar-refractivity contribution is 0.978. The number of para-hydroxylation sites is 1. The first-order chi connectivity index (χ1) is 9.29. The van der Waals surface area contributed by atoms with Crippen LogP contribution in [0.3, 0.4) is 0 Å². The van der Waals surface area contributed by atoms with Crippen LogP contribution >= 0.6 is 0 Å². The van der Waals surface area contributed by atoms with E-state index in [1.807, 2.05) is 40.9 Å². The van der Waals surface area contributed by atoms with Gasteiger partial charge in [-0.05, 0) is 19.1 Å². The number of hydrogen-bond acceptors (Lipinski definition) is 4. The second-order valence-electron chi connectivity index (χ2n) is 4.23. The molecule has 2 aromatic heterocycles. The summed E-state index contributed by atoms with van der Waals surface area (Å²) in [5.74, 6) is 1.26. The molecule has 0 unspecified atom stereocenters. The quantitative estimate of drug-likeness (QED) is 0.779. The van der Waals surface area contributed by atoms with Crippen molar-refractivity contribution < 1.29 is 0 Å². The highest BCUT2D eigenvalue weighted by Gasteiger charge is 2.14. The Morgan fingerprint density at radius 3 is 2.79 bits per heavy atom. The number of hydrogen-bond donors (Lipinski definition) is 1. The largest absolute Gasteiger partial charge is 0.382 e. The van der Waals surface area contributed by atoms with Crippen molar-refractivity contribution in [2.45, 2.75) is 6.92 Å². The van der Waals surface area contributed by atoms with Gasteiger partial charge in [-0.3, -0.25) is 0 Å². The predicted molar refractivity (Wildman–Crippen MR) is 76.5 cm³/mol. The minimum atomic E-state index is 0.481. The van der Waals surface area contributed by atoms with E-state index >= 15 is 0 Å². The first kappa shape index (κ1) is 11.5. The van der Waals surface area contributed by atoms with Crippen LogP contribution in [0.5, 0.6) is 0 Å². The summed E-state index contributed by atoms with van der Waals surface area (Å²) < 4.78 is 1.89. The molecule has 0 aliphatic heterocycles. The van der Waals surface area contributed by atoms with Gasteiger partial charge >= 0.3 is 0 Å². The molecule has 0 amide bonds.